The van der Waals surface area contributed by atoms with Gasteiger partial charge in [0.25, 0.3) is 0 Å². The molecule has 0 amide bonds. The van der Waals surface area contributed by atoms with Crippen LogP contribution >= 0.6 is 0 Å². The lowest BCUT2D eigenvalue weighted by atomic mass is 10.1. The highest BCUT2D eigenvalue weighted by atomic mass is 16.1. The molecule has 0 fully saturated rings. The molecule has 1 aromatic rings. The molecule has 1 aliphatic rings. The van der Waals surface area contributed by atoms with Crippen molar-refractivity contribution in [1.29, 1.82) is 0 Å². The Labute approximate surface area is 89.3 Å². The number of para-hydroxylation sites is 1. The highest BCUT2D eigenvalue weighted by Gasteiger charge is 2.09. The summed E-state index contributed by atoms with van der Waals surface area (Å²) in [5, 5.41) is 3.30. The molecule has 0 heterocycles. The van der Waals surface area contributed by atoms with E-state index in [-0.39, 0.29) is 11.8 Å². The number of rotatable bonds is 3. The monoisotopic (exact) mass is 199 g/mol. The van der Waals surface area contributed by atoms with Crippen molar-refractivity contribution in [2.75, 3.05) is 5.32 Å². The van der Waals surface area contributed by atoms with Gasteiger partial charge >= 0.3 is 0 Å². The van der Waals surface area contributed by atoms with E-state index >= 15 is 0 Å². The fourth-order valence-corrected chi connectivity index (χ4v) is 1.62. The molecule has 0 spiro atoms. The lowest BCUT2D eigenvalue weighted by Crippen LogP contribution is -2.14. The number of carbonyl (C=O) groups excluding carboxylic acids is 1. The summed E-state index contributed by atoms with van der Waals surface area (Å²) in [7, 11) is 0. The Morgan fingerprint density at radius 3 is 2.53 bits per heavy atom. The van der Waals surface area contributed by atoms with Crippen molar-refractivity contribution in [2.24, 2.45) is 0 Å². The molecular formula is C13H13NO. The Morgan fingerprint density at radius 2 is 1.87 bits per heavy atom. The predicted octanol–water partition coefficient (Wildman–Crippen LogP) is 2.80. The Kier molecular flexibility index (Phi) is 2.68. The zero-order valence-electron chi connectivity index (χ0n) is 8.60. The molecule has 76 valence electrons. The van der Waals surface area contributed by atoms with Crippen LogP contribution in [0.15, 0.2) is 48.6 Å². The maximum absolute atomic E-state index is 11.4. The Balaban J connectivity index is 2.23. The standard InChI is InChI=1S/C13H13NO/c1-10(15)12-8-4-5-9-13(12)14-11-6-2-3-7-11/h2-9,11,14H,1H3. The van der Waals surface area contributed by atoms with Gasteiger partial charge in [-0.05, 0) is 19.1 Å². The highest BCUT2D eigenvalue weighted by molar-refractivity contribution is 5.99. The van der Waals surface area contributed by atoms with E-state index in [2.05, 4.69) is 17.5 Å². The van der Waals surface area contributed by atoms with Crippen LogP contribution in [-0.2, 0) is 0 Å². The van der Waals surface area contributed by atoms with E-state index in [1.807, 2.05) is 36.4 Å². The van der Waals surface area contributed by atoms with Crippen molar-refractivity contribution in [3.63, 3.8) is 0 Å². The quantitative estimate of drug-likeness (QED) is 0.758. The van der Waals surface area contributed by atoms with E-state index in [0.717, 1.165) is 11.3 Å². The smallest absolute Gasteiger partial charge is 0.161 e. The second kappa shape index (κ2) is 4.13. The number of benzene rings is 1. The van der Waals surface area contributed by atoms with Gasteiger partial charge in [0.05, 0.1) is 6.04 Å². The van der Waals surface area contributed by atoms with Gasteiger partial charge in [-0.25, -0.2) is 0 Å². The molecule has 1 aliphatic carbocycles. The van der Waals surface area contributed by atoms with E-state index in [1.54, 1.807) is 6.92 Å². The molecule has 15 heavy (non-hydrogen) atoms. The summed E-state index contributed by atoms with van der Waals surface area (Å²) in [6.07, 6.45) is 8.09. The molecule has 2 rings (SSSR count). The van der Waals surface area contributed by atoms with E-state index in [4.69, 9.17) is 0 Å². The number of hydrogen-bond acceptors (Lipinski definition) is 2. The number of nitrogens with one attached hydrogen (secondary N) is 1. The van der Waals surface area contributed by atoms with Crippen LogP contribution in [0.3, 0.4) is 0 Å². The van der Waals surface area contributed by atoms with Crippen LogP contribution in [0.25, 0.3) is 0 Å². The summed E-state index contributed by atoms with van der Waals surface area (Å²) in [6, 6.07) is 7.77. The van der Waals surface area contributed by atoms with Crippen molar-refractivity contribution in [3.05, 3.63) is 54.1 Å². The van der Waals surface area contributed by atoms with Gasteiger partial charge in [-0.2, -0.15) is 0 Å². The average Bonchev–Trinajstić information content (AvgIpc) is 2.71. The van der Waals surface area contributed by atoms with Gasteiger partial charge in [0.1, 0.15) is 0 Å². The minimum Gasteiger partial charge on any atom is -0.375 e. The molecular weight excluding hydrogens is 186 g/mol. The Morgan fingerprint density at radius 1 is 1.20 bits per heavy atom. The van der Waals surface area contributed by atoms with Crippen LogP contribution in [0, 0.1) is 0 Å². The lowest BCUT2D eigenvalue weighted by Gasteiger charge is -2.13. The topological polar surface area (TPSA) is 29.1 Å². The fourth-order valence-electron chi connectivity index (χ4n) is 1.62. The first kappa shape index (κ1) is 9.71. The third kappa shape index (κ3) is 2.15. The van der Waals surface area contributed by atoms with Gasteiger partial charge in [0.2, 0.25) is 0 Å². The first-order valence-electron chi connectivity index (χ1n) is 4.99. The molecule has 0 aliphatic heterocycles. The largest absolute Gasteiger partial charge is 0.375 e. The van der Waals surface area contributed by atoms with Crippen molar-refractivity contribution < 1.29 is 4.79 Å². The molecule has 0 saturated heterocycles. The maximum Gasteiger partial charge on any atom is 0.161 e. The van der Waals surface area contributed by atoms with Crippen LogP contribution in [-0.4, -0.2) is 11.8 Å². The van der Waals surface area contributed by atoms with Crippen LogP contribution < -0.4 is 5.32 Å². The van der Waals surface area contributed by atoms with Crippen molar-refractivity contribution >= 4 is 11.5 Å². The van der Waals surface area contributed by atoms with Crippen molar-refractivity contribution in [1.82, 2.24) is 0 Å². The Bertz CT molecular complexity index is 420. The summed E-state index contributed by atoms with van der Waals surface area (Å²) < 4.78 is 0. The minimum atomic E-state index is 0.0871. The summed E-state index contributed by atoms with van der Waals surface area (Å²) in [4.78, 5) is 11.4. The van der Waals surface area contributed by atoms with Crippen LogP contribution in [0.4, 0.5) is 5.69 Å². The third-order valence-corrected chi connectivity index (χ3v) is 2.38. The molecule has 0 bridgehead atoms. The maximum atomic E-state index is 11.4. The SMILES string of the molecule is CC(=O)c1ccccc1NC1C=CC=C1. The normalized spacial score (nSPS) is 14.5. The first-order chi connectivity index (χ1) is 7.27. The van der Waals surface area contributed by atoms with Crippen LogP contribution in [0.5, 0.6) is 0 Å². The van der Waals surface area contributed by atoms with E-state index in [0.29, 0.717) is 0 Å². The van der Waals surface area contributed by atoms with Crippen molar-refractivity contribution in [3.8, 4) is 0 Å². The predicted molar refractivity (Wildman–Crippen MR) is 62.1 cm³/mol. The molecule has 0 aromatic heterocycles. The molecule has 0 unspecified atom stereocenters. The summed E-state index contributed by atoms with van der Waals surface area (Å²) >= 11 is 0. The molecule has 2 heteroatoms. The molecule has 1 aromatic carbocycles. The fraction of sp³-hybridized carbons (Fsp3) is 0.154. The van der Waals surface area contributed by atoms with Gasteiger partial charge in [-0.1, -0.05) is 36.4 Å². The number of allylic oxidation sites excluding steroid dienone is 2. The summed E-state index contributed by atoms with van der Waals surface area (Å²) in [5.41, 5.74) is 1.64. The van der Waals surface area contributed by atoms with Crippen LogP contribution in [0.1, 0.15) is 17.3 Å². The van der Waals surface area contributed by atoms with Gasteiger partial charge < -0.3 is 5.32 Å². The zero-order valence-corrected chi connectivity index (χ0v) is 8.60. The number of anilines is 1. The molecule has 1 N–H and O–H groups in total. The molecule has 0 atom stereocenters. The van der Waals surface area contributed by atoms with Gasteiger partial charge in [0, 0.05) is 11.3 Å². The average molecular weight is 199 g/mol. The number of carbonyl (C=O) groups is 1. The minimum absolute atomic E-state index is 0.0871. The highest BCUT2D eigenvalue weighted by Crippen LogP contribution is 2.18. The third-order valence-electron chi connectivity index (χ3n) is 2.38. The summed E-state index contributed by atoms with van der Waals surface area (Å²) in [6.45, 7) is 1.58. The molecule has 2 nitrogen and oxygen atoms in total. The number of ketones is 1. The number of hydrogen-bond donors (Lipinski definition) is 1. The van der Waals surface area contributed by atoms with E-state index < -0.39 is 0 Å². The Hall–Kier alpha value is -1.83. The second-order valence-electron chi connectivity index (χ2n) is 3.54. The number of Topliss-reactive ketones (excluding diaryl/α,β-unsaturated/α-hetero) is 1. The van der Waals surface area contributed by atoms with E-state index in [9.17, 15) is 4.79 Å². The first-order valence-corrected chi connectivity index (χ1v) is 4.99. The van der Waals surface area contributed by atoms with Gasteiger partial charge in [0.15, 0.2) is 5.78 Å². The molecule has 0 radical (unpaired) electrons. The van der Waals surface area contributed by atoms with Gasteiger partial charge in [-0.3, -0.25) is 4.79 Å². The van der Waals surface area contributed by atoms with Crippen LogP contribution in [0.2, 0.25) is 0 Å². The van der Waals surface area contributed by atoms with Crippen molar-refractivity contribution in [2.45, 2.75) is 13.0 Å². The zero-order chi connectivity index (χ0) is 10.7. The second-order valence-corrected chi connectivity index (χ2v) is 3.54. The molecule has 0 saturated carbocycles. The van der Waals surface area contributed by atoms with E-state index in [1.165, 1.54) is 0 Å². The van der Waals surface area contributed by atoms with Gasteiger partial charge in [-0.15, -0.1) is 0 Å². The summed E-state index contributed by atoms with van der Waals surface area (Å²) in [5.74, 6) is 0.0871. The lowest BCUT2D eigenvalue weighted by molar-refractivity contribution is 0.101.